The van der Waals surface area contributed by atoms with Gasteiger partial charge in [0.1, 0.15) is 21.3 Å². The van der Waals surface area contributed by atoms with Gasteiger partial charge < -0.3 is 9.47 Å². The Labute approximate surface area is 239 Å². The molecule has 200 valence electrons. The molecular formula is C24H22ClIN4O6S2. The number of hydrogen-bond donors (Lipinski definition) is 0. The molecule has 3 aromatic rings. The fourth-order valence-electron chi connectivity index (χ4n) is 3.78. The standard InChI is InChI=1S/C24H22ClIN4O6S2/c1-35-18-7-3-16(4-8-18)13-30(14-17-5-9-19(36-2)10-6-17)38(33,34)23-21(37(25,31)32)12-11-20(26)22(23)24-27-15-28-29-24/h3-12H,13-15H2,1-2H3. The lowest BCUT2D eigenvalue weighted by molar-refractivity contribution is 0.396. The maximum atomic E-state index is 14.4. The third-order valence-electron chi connectivity index (χ3n) is 5.64. The number of nitrogens with zero attached hydrogens (tertiary/aromatic N) is 4. The lowest BCUT2D eigenvalue weighted by Gasteiger charge is -2.25. The Kier molecular flexibility index (Phi) is 8.72. The van der Waals surface area contributed by atoms with E-state index in [1.54, 1.807) is 48.5 Å². The average Bonchev–Trinajstić information content (AvgIpc) is 3.43. The van der Waals surface area contributed by atoms with Gasteiger partial charge in [0.05, 0.1) is 19.8 Å². The monoisotopic (exact) mass is 688 g/mol. The van der Waals surface area contributed by atoms with Crippen LogP contribution in [0.4, 0.5) is 0 Å². The maximum absolute atomic E-state index is 14.4. The molecule has 1 aliphatic heterocycles. The van der Waals surface area contributed by atoms with Gasteiger partial charge in [-0.05, 0) is 70.1 Å². The first kappa shape index (κ1) is 28.4. The molecular weight excluding hydrogens is 667 g/mol. The maximum Gasteiger partial charge on any atom is 0.262 e. The third kappa shape index (κ3) is 6.17. The number of rotatable bonds is 10. The summed E-state index contributed by atoms with van der Waals surface area (Å²) < 4.78 is 66.1. The summed E-state index contributed by atoms with van der Waals surface area (Å²) in [5.74, 6) is 1.24. The Hall–Kier alpha value is -2.59. The zero-order valence-corrected chi connectivity index (χ0v) is 24.8. The van der Waals surface area contributed by atoms with Crippen LogP contribution in [-0.2, 0) is 32.2 Å². The molecule has 4 rings (SSSR count). The molecule has 10 nitrogen and oxygen atoms in total. The SMILES string of the molecule is COc1ccc(CN(Cc2ccc(OC)cc2)S(=O)(=O)c2c(S(=O)(=O)Cl)ccc(I)c2C2=NCN=N2)cc1. The second-order valence-corrected chi connectivity index (χ2v) is 13.6. The first-order chi connectivity index (χ1) is 18.0. The number of methoxy groups -OCH3 is 2. The van der Waals surface area contributed by atoms with Gasteiger partial charge in [-0.2, -0.15) is 9.42 Å². The predicted octanol–water partition coefficient (Wildman–Crippen LogP) is 4.80. The second-order valence-electron chi connectivity index (χ2n) is 8.02. The van der Waals surface area contributed by atoms with Crippen LogP contribution in [0.3, 0.4) is 0 Å². The quantitative estimate of drug-likeness (QED) is 0.223. The Morgan fingerprint density at radius 1 is 0.868 bits per heavy atom. The molecule has 3 aromatic carbocycles. The van der Waals surface area contributed by atoms with E-state index in [2.05, 4.69) is 15.2 Å². The molecule has 1 heterocycles. The topological polar surface area (TPSA) is 127 Å². The van der Waals surface area contributed by atoms with Crippen LogP contribution < -0.4 is 9.47 Å². The Balaban J connectivity index is 1.91. The van der Waals surface area contributed by atoms with Gasteiger partial charge in [-0.15, -0.1) is 5.11 Å². The average molecular weight is 689 g/mol. The Morgan fingerprint density at radius 2 is 1.39 bits per heavy atom. The number of halogens is 2. The van der Waals surface area contributed by atoms with Gasteiger partial charge in [-0.1, -0.05) is 24.3 Å². The summed E-state index contributed by atoms with van der Waals surface area (Å²) in [7, 11) is -0.170. The zero-order chi connectivity index (χ0) is 27.5. The van der Waals surface area contributed by atoms with Crippen molar-refractivity contribution >= 4 is 58.2 Å². The lowest BCUT2D eigenvalue weighted by Crippen LogP contribution is -2.32. The molecule has 0 fully saturated rings. The smallest absolute Gasteiger partial charge is 0.262 e. The van der Waals surface area contributed by atoms with Crippen molar-refractivity contribution < 1.29 is 26.3 Å². The molecule has 0 saturated heterocycles. The van der Waals surface area contributed by atoms with Crippen LogP contribution in [0.1, 0.15) is 16.7 Å². The summed E-state index contributed by atoms with van der Waals surface area (Å²) in [6.45, 7) is -0.137. The minimum atomic E-state index is -4.51. The molecule has 0 aliphatic carbocycles. The fourth-order valence-corrected chi connectivity index (χ4v) is 8.05. The van der Waals surface area contributed by atoms with Crippen LogP contribution in [0.5, 0.6) is 11.5 Å². The Bertz CT molecular complexity index is 1560. The second kappa shape index (κ2) is 11.7. The Morgan fingerprint density at radius 3 is 1.82 bits per heavy atom. The summed E-state index contributed by atoms with van der Waals surface area (Å²) in [4.78, 5) is 3.10. The van der Waals surface area contributed by atoms with E-state index in [9.17, 15) is 16.8 Å². The summed E-state index contributed by atoms with van der Waals surface area (Å²) in [5, 5.41) is 7.76. The van der Waals surface area contributed by atoms with Crippen LogP contribution in [0.15, 0.2) is 85.7 Å². The number of hydrogen-bond acceptors (Lipinski definition) is 9. The highest BCUT2D eigenvalue weighted by Crippen LogP contribution is 2.35. The molecule has 0 amide bonds. The van der Waals surface area contributed by atoms with Crippen molar-refractivity contribution in [3.8, 4) is 11.5 Å². The highest BCUT2D eigenvalue weighted by atomic mass is 127. The van der Waals surface area contributed by atoms with Crippen molar-refractivity contribution in [1.29, 1.82) is 0 Å². The number of benzene rings is 3. The molecule has 0 atom stereocenters. The first-order valence-corrected chi connectivity index (χ1v) is 15.8. The van der Waals surface area contributed by atoms with Crippen LogP contribution in [0.25, 0.3) is 0 Å². The molecule has 38 heavy (non-hydrogen) atoms. The summed E-state index contributed by atoms with van der Waals surface area (Å²) in [6, 6.07) is 16.4. The highest BCUT2D eigenvalue weighted by molar-refractivity contribution is 14.1. The first-order valence-electron chi connectivity index (χ1n) is 11.0. The number of amidine groups is 1. The number of sulfonamides is 1. The summed E-state index contributed by atoms with van der Waals surface area (Å²) in [5.41, 5.74) is 1.34. The van der Waals surface area contributed by atoms with Crippen LogP contribution >= 0.6 is 33.3 Å². The molecule has 0 bridgehead atoms. The van der Waals surface area contributed by atoms with Crippen LogP contribution in [0.2, 0.25) is 0 Å². The summed E-state index contributed by atoms with van der Waals surface area (Å²) >= 11 is 1.92. The molecule has 0 saturated carbocycles. The third-order valence-corrected chi connectivity index (χ3v) is 9.91. The van der Waals surface area contributed by atoms with E-state index >= 15 is 0 Å². The van der Waals surface area contributed by atoms with E-state index in [4.69, 9.17) is 20.2 Å². The van der Waals surface area contributed by atoms with E-state index < -0.39 is 28.9 Å². The largest absolute Gasteiger partial charge is 0.497 e. The molecule has 0 N–H and O–H groups in total. The van der Waals surface area contributed by atoms with Crippen molar-refractivity contribution in [2.75, 3.05) is 20.9 Å². The van der Waals surface area contributed by atoms with E-state index in [-0.39, 0.29) is 31.2 Å². The fraction of sp³-hybridized carbons (Fsp3) is 0.208. The summed E-state index contributed by atoms with van der Waals surface area (Å²) in [6.07, 6.45) is 0. The van der Waals surface area contributed by atoms with Gasteiger partial charge in [-0.25, -0.2) is 21.8 Å². The minimum absolute atomic E-state index is 0.00413. The predicted molar refractivity (Wildman–Crippen MR) is 151 cm³/mol. The molecule has 14 heteroatoms. The van der Waals surface area contributed by atoms with Crippen LogP contribution in [0, 0.1) is 3.57 Å². The molecule has 0 aromatic heterocycles. The van der Waals surface area contributed by atoms with Gasteiger partial charge in [0.2, 0.25) is 10.0 Å². The van der Waals surface area contributed by atoms with Crippen molar-refractivity contribution in [2.45, 2.75) is 22.9 Å². The molecule has 0 spiro atoms. The number of ether oxygens (including phenoxy) is 2. The highest BCUT2D eigenvalue weighted by Gasteiger charge is 2.36. The van der Waals surface area contributed by atoms with E-state index in [0.717, 1.165) is 0 Å². The lowest BCUT2D eigenvalue weighted by atomic mass is 10.2. The minimum Gasteiger partial charge on any atom is -0.497 e. The van der Waals surface area contributed by atoms with E-state index in [1.165, 1.54) is 30.7 Å². The zero-order valence-electron chi connectivity index (χ0n) is 20.2. The molecule has 0 unspecified atom stereocenters. The van der Waals surface area contributed by atoms with E-state index in [1.807, 2.05) is 22.6 Å². The van der Waals surface area contributed by atoms with Gasteiger partial charge >= 0.3 is 0 Å². The molecule has 1 aliphatic rings. The molecule has 0 radical (unpaired) electrons. The van der Waals surface area contributed by atoms with Gasteiger partial charge in [0.25, 0.3) is 9.05 Å². The van der Waals surface area contributed by atoms with Crippen molar-refractivity contribution in [1.82, 2.24) is 4.31 Å². The normalized spacial score (nSPS) is 13.6. The van der Waals surface area contributed by atoms with E-state index in [0.29, 0.717) is 26.2 Å². The number of aliphatic imine (C=N–C) groups is 1. The van der Waals surface area contributed by atoms with Crippen LogP contribution in [-0.4, -0.2) is 47.9 Å². The van der Waals surface area contributed by atoms with Crippen molar-refractivity contribution in [3.63, 3.8) is 0 Å². The van der Waals surface area contributed by atoms with Crippen molar-refractivity contribution in [2.24, 2.45) is 15.2 Å². The number of azo groups is 1. The van der Waals surface area contributed by atoms with Gasteiger partial charge in [0, 0.05) is 27.3 Å². The van der Waals surface area contributed by atoms with Gasteiger partial charge in [0.15, 0.2) is 12.5 Å². The van der Waals surface area contributed by atoms with Crippen molar-refractivity contribution in [3.05, 3.63) is 80.9 Å². The van der Waals surface area contributed by atoms with Gasteiger partial charge in [-0.3, -0.25) is 0 Å².